The second kappa shape index (κ2) is 4.50. The maximum absolute atomic E-state index is 11.9. The Bertz CT molecular complexity index is 609. The Morgan fingerprint density at radius 2 is 2.11 bits per heavy atom. The normalized spacial score (nSPS) is 21.1. The van der Waals surface area contributed by atoms with Crippen LogP contribution in [0.15, 0.2) is 48.8 Å². The molecule has 0 spiro atoms. The minimum atomic E-state index is -0.792. The molecule has 1 N–H and O–H groups in total. The van der Waals surface area contributed by atoms with E-state index in [-0.39, 0.29) is 0 Å². The van der Waals surface area contributed by atoms with Crippen molar-refractivity contribution in [2.24, 2.45) is 0 Å². The van der Waals surface area contributed by atoms with E-state index in [4.69, 9.17) is 0 Å². The molecule has 3 nitrogen and oxygen atoms in total. The van der Waals surface area contributed by atoms with E-state index in [9.17, 15) is 9.90 Å². The Kier molecular flexibility index (Phi) is 2.82. The summed E-state index contributed by atoms with van der Waals surface area (Å²) in [5.41, 5.74) is 2.31. The minimum Gasteiger partial charge on any atom is -0.481 e. The molecule has 0 saturated heterocycles. The largest absolute Gasteiger partial charge is 0.481 e. The van der Waals surface area contributed by atoms with E-state index in [1.54, 1.807) is 12.4 Å². The number of hydrogen-bond donors (Lipinski definition) is 1. The molecule has 0 bridgehead atoms. The number of nitrogens with zero attached hydrogens (tertiary/aromatic N) is 1. The first kappa shape index (κ1) is 11.9. The maximum atomic E-state index is 11.9. The highest BCUT2D eigenvalue weighted by Gasteiger charge is 2.45. The van der Waals surface area contributed by atoms with Gasteiger partial charge in [-0.1, -0.05) is 30.3 Å². The number of benzene rings is 1. The molecular formula is C16H15NO2. The molecule has 19 heavy (non-hydrogen) atoms. The highest BCUT2D eigenvalue weighted by atomic mass is 16.4. The molecule has 1 aromatic carbocycles. The molecule has 0 radical (unpaired) electrons. The second-order valence-electron chi connectivity index (χ2n) is 5.08. The first-order valence-electron chi connectivity index (χ1n) is 6.43. The van der Waals surface area contributed by atoms with Crippen molar-refractivity contribution in [3.8, 4) is 0 Å². The van der Waals surface area contributed by atoms with E-state index in [0.717, 1.165) is 23.1 Å². The SMILES string of the molecule is O=C(O)C1(Cc2cccnc2)CCc2ccccc21. The number of aromatic nitrogens is 1. The fourth-order valence-electron chi connectivity index (χ4n) is 3.02. The summed E-state index contributed by atoms with van der Waals surface area (Å²) in [6.07, 6.45) is 5.47. The van der Waals surface area contributed by atoms with Crippen molar-refractivity contribution in [2.45, 2.75) is 24.7 Å². The fraction of sp³-hybridized carbons (Fsp3) is 0.250. The third-order valence-electron chi connectivity index (χ3n) is 3.99. The Hall–Kier alpha value is -2.16. The van der Waals surface area contributed by atoms with Gasteiger partial charge in [0, 0.05) is 12.4 Å². The molecule has 0 saturated carbocycles. The van der Waals surface area contributed by atoms with Crippen molar-refractivity contribution in [1.82, 2.24) is 4.98 Å². The second-order valence-corrected chi connectivity index (χ2v) is 5.08. The first-order valence-corrected chi connectivity index (χ1v) is 6.43. The van der Waals surface area contributed by atoms with Gasteiger partial charge < -0.3 is 5.11 Å². The summed E-state index contributed by atoms with van der Waals surface area (Å²) in [6.45, 7) is 0. The lowest BCUT2D eigenvalue weighted by atomic mass is 9.77. The van der Waals surface area contributed by atoms with Gasteiger partial charge in [0.1, 0.15) is 0 Å². The molecule has 3 rings (SSSR count). The van der Waals surface area contributed by atoms with Crippen molar-refractivity contribution in [1.29, 1.82) is 0 Å². The standard InChI is InChI=1S/C16H15NO2/c18-15(19)16(10-12-4-3-9-17-11-12)8-7-13-5-1-2-6-14(13)16/h1-6,9,11H,7-8,10H2,(H,18,19). The number of carboxylic acids is 1. The van der Waals surface area contributed by atoms with Gasteiger partial charge in [-0.2, -0.15) is 0 Å². The molecule has 0 fully saturated rings. The molecule has 1 aromatic heterocycles. The zero-order valence-corrected chi connectivity index (χ0v) is 10.5. The number of fused-ring (bicyclic) bond motifs is 1. The van der Waals surface area contributed by atoms with Gasteiger partial charge in [-0.3, -0.25) is 9.78 Å². The lowest BCUT2D eigenvalue weighted by Gasteiger charge is -2.25. The smallest absolute Gasteiger partial charge is 0.314 e. The monoisotopic (exact) mass is 253 g/mol. The van der Waals surface area contributed by atoms with Crippen molar-refractivity contribution < 1.29 is 9.90 Å². The van der Waals surface area contributed by atoms with Gasteiger partial charge in [-0.05, 0) is 42.0 Å². The molecule has 3 heteroatoms. The number of carboxylic acid groups (broad SMARTS) is 1. The first-order chi connectivity index (χ1) is 9.22. The lowest BCUT2D eigenvalue weighted by molar-refractivity contribution is -0.143. The molecule has 1 heterocycles. The summed E-state index contributed by atoms with van der Waals surface area (Å²) in [4.78, 5) is 16.0. The van der Waals surface area contributed by atoms with E-state index < -0.39 is 11.4 Å². The zero-order chi connectivity index (χ0) is 13.3. The van der Waals surface area contributed by atoms with Crippen LogP contribution < -0.4 is 0 Å². The van der Waals surface area contributed by atoms with Crippen LogP contribution >= 0.6 is 0 Å². The molecule has 96 valence electrons. The highest BCUT2D eigenvalue weighted by Crippen LogP contribution is 2.41. The third-order valence-corrected chi connectivity index (χ3v) is 3.99. The molecular weight excluding hydrogens is 238 g/mol. The highest BCUT2D eigenvalue weighted by molar-refractivity contribution is 5.83. The summed E-state index contributed by atoms with van der Waals surface area (Å²) in [5.74, 6) is -0.735. The van der Waals surface area contributed by atoms with E-state index in [1.807, 2.05) is 36.4 Å². The van der Waals surface area contributed by atoms with Crippen LogP contribution in [0.1, 0.15) is 23.1 Å². The Balaban J connectivity index is 2.05. The number of hydrogen-bond acceptors (Lipinski definition) is 2. The average molecular weight is 253 g/mol. The van der Waals surface area contributed by atoms with Crippen molar-refractivity contribution in [3.63, 3.8) is 0 Å². The zero-order valence-electron chi connectivity index (χ0n) is 10.5. The lowest BCUT2D eigenvalue weighted by Crippen LogP contribution is -2.35. The van der Waals surface area contributed by atoms with Crippen LogP contribution in [0.5, 0.6) is 0 Å². The maximum Gasteiger partial charge on any atom is 0.314 e. The van der Waals surface area contributed by atoms with Crippen LogP contribution in [0.25, 0.3) is 0 Å². The van der Waals surface area contributed by atoms with Gasteiger partial charge in [0.25, 0.3) is 0 Å². The number of aryl methyl sites for hydroxylation is 1. The summed E-state index contributed by atoms with van der Waals surface area (Å²) in [7, 11) is 0. The minimum absolute atomic E-state index is 0.507. The van der Waals surface area contributed by atoms with E-state index >= 15 is 0 Å². The van der Waals surface area contributed by atoms with Crippen LogP contribution in [0.4, 0.5) is 0 Å². The summed E-state index contributed by atoms with van der Waals surface area (Å²) < 4.78 is 0. The molecule has 1 aliphatic carbocycles. The predicted octanol–water partition coefficient (Wildman–Crippen LogP) is 2.59. The molecule has 2 aromatic rings. The quantitative estimate of drug-likeness (QED) is 0.914. The topological polar surface area (TPSA) is 50.2 Å². The summed E-state index contributed by atoms with van der Waals surface area (Å²) in [6, 6.07) is 11.7. The number of carbonyl (C=O) groups is 1. The van der Waals surface area contributed by atoms with Crippen LogP contribution in [0.3, 0.4) is 0 Å². The van der Waals surface area contributed by atoms with E-state index in [0.29, 0.717) is 12.8 Å². The van der Waals surface area contributed by atoms with Crippen molar-refractivity contribution in [3.05, 3.63) is 65.5 Å². The van der Waals surface area contributed by atoms with Gasteiger partial charge in [0.15, 0.2) is 0 Å². The van der Waals surface area contributed by atoms with Gasteiger partial charge in [0.05, 0.1) is 5.41 Å². The molecule has 0 aliphatic heterocycles. The Morgan fingerprint density at radius 1 is 1.26 bits per heavy atom. The molecule has 1 atom stereocenters. The third kappa shape index (κ3) is 1.91. The number of pyridine rings is 1. The average Bonchev–Trinajstić information content (AvgIpc) is 2.81. The molecule has 0 amide bonds. The van der Waals surface area contributed by atoms with Crippen LogP contribution in [-0.4, -0.2) is 16.1 Å². The van der Waals surface area contributed by atoms with Crippen molar-refractivity contribution >= 4 is 5.97 Å². The number of aliphatic carboxylic acids is 1. The predicted molar refractivity (Wildman–Crippen MR) is 72.0 cm³/mol. The van der Waals surface area contributed by atoms with Gasteiger partial charge in [-0.25, -0.2) is 0 Å². The van der Waals surface area contributed by atoms with Crippen LogP contribution in [0.2, 0.25) is 0 Å². The summed E-state index contributed by atoms with van der Waals surface area (Å²) >= 11 is 0. The van der Waals surface area contributed by atoms with Gasteiger partial charge in [-0.15, -0.1) is 0 Å². The Labute approximate surface area is 111 Å². The van der Waals surface area contributed by atoms with Gasteiger partial charge >= 0.3 is 5.97 Å². The molecule has 1 aliphatic rings. The molecule has 1 unspecified atom stereocenters. The van der Waals surface area contributed by atoms with E-state index in [2.05, 4.69) is 4.98 Å². The Morgan fingerprint density at radius 3 is 2.84 bits per heavy atom. The van der Waals surface area contributed by atoms with Crippen LogP contribution in [-0.2, 0) is 23.1 Å². The van der Waals surface area contributed by atoms with Crippen molar-refractivity contribution in [2.75, 3.05) is 0 Å². The summed E-state index contributed by atoms with van der Waals surface area (Å²) in [5, 5.41) is 9.75. The van der Waals surface area contributed by atoms with E-state index in [1.165, 1.54) is 0 Å². The van der Waals surface area contributed by atoms with Crippen LogP contribution in [0, 0.1) is 0 Å². The number of rotatable bonds is 3. The fourth-order valence-corrected chi connectivity index (χ4v) is 3.02. The van der Waals surface area contributed by atoms with Gasteiger partial charge in [0.2, 0.25) is 0 Å².